The van der Waals surface area contributed by atoms with E-state index in [1.165, 1.54) is 0 Å². The zero-order chi connectivity index (χ0) is 21.8. The van der Waals surface area contributed by atoms with Gasteiger partial charge in [0, 0.05) is 10.6 Å². The zero-order valence-electron chi connectivity index (χ0n) is 16.5. The first-order valence-electron chi connectivity index (χ1n) is 9.64. The van der Waals surface area contributed by atoms with Gasteiger partial charge in [0.25, 0.3) is 11.8 Å². The maximum atomic E-state index is 12.4. The Bertz CT molecular complexity index is 1100. The van der Waals surface area contributed by atoms with E-state index in [2.05, 4.69) is 10.6 Å². The summed E-state index contributed by atoms with van der Waals surface area (Å²) in [5, 5.41) is 7.51. The number of amides is 4. The molecular formula is C23H19N3O4S. The largest absolute Gasteiger partial charge is 0.351 e. The number of imide groups is 1. The van der Waals surface area contributed by atoms with Gasteiger partial charge in [-0.15, -0.1) is 11.3 Å². The van der Waals surface area contributed by atoms with Crippen LogP contribution >= 0.6 is 11.3 Å². The molecule has 3 aromatic rings. The number of anilines is 1. The van der Waals surface area contributed by atoms with Gasteiger partial charge in [0.15, 0.2) is 0 Å². The number of hydrogen-bond acceptors (Lipinski definition) is 5. The Morgan fingerprint density at radius 3 is 2.13 bits per heavy atom. The van der Waals surface area contributed by atoms with Crippen LogP contribution in [-0.4, -0.2) is 35.1 Å². The van der Waals surface area contributed by atoms with Crippen LogP contribution in [0.2, 0.25) is 0 Å². The Labute approximate surface area is 182 Å². The Morgan fingerprint density at radius 1 is 0.839 bits per heavy atom. The lowest BCUT2D eigenvalue weighted by Crippen LogP contribution is -2.37. The molecule has 1 aliphatic rings. The zero-order valence-corrected chi connectivity index (χ0v) is 17.3. The smallest absolute Gasteiger partial charge is 0.262 e. The lowest BCUT2D eigenvalue weighted by Gasteiger charge is -2.14. The predicted molar refractivity (Wildman–Crippen MR) is 117 cm³/mol. The lowest BCUT2D eigenvalue weighted by atomic mass is 10.1. The normalized spacial score (nSPS) is 12.6. The molecule has 0 saturated heterocycles. The second kappa shape index (κ2) is 8.93. The molecule has 0 fully saturated rings. The molecule has 1 aromatic heterocycles. The molecular weight excluding hydrogens is 414 g/mol. The van der Waals surface area contributed by atoms with Gasteiger partial charge in [-0.25, -0.2) is 0 Å². The fourth-order valence-electron chi connectivity index (χ4n) is 3.28. The average molecular weight is 433 g/mol. The van der Waals surface area contributed by atoms with Crippen LogP contribution in [0.5, 0.6) is 0 Å². The van der Waals surface area contributed by atoms with Gasteiger partial charge < -0.3 is 10.6 Å². The van der Waals surface area contributed by atoms with Gasteiger partial charge in [0.2, 0.25) is 11.8 Å². The highest BCUT2D eigenvalue weighted by atomic mass is 32.1. The van der Waals surface area contributed by atoms with Crippen LogP contribution in [0.1, 0.15) is 31.2 Å². The van der Waals surface area contributed by atoms with Crippen molar-refractivity contribution in [1.29, 1.82) is 0 Å². The average Bonchev–Trinajstić information content (AvgIpc) is 3.37. The van der Waals surface area contributed by atoms with Crippen molar-refractivity contribution in [3.8, 4) is 0 Å². The minimum Gasteiger partial charge on any atom is -0.351 e. The summed E-state index contributed by atoms with van der Waals surface area (Å²) in [5.74, 6) is -1.51. The summed E-state index contributed by atoms with van der Waals surface area (Å²) in [7, 11) is 0. The van der Waals surface area contributed by atoms with Crippen LogP contribution in [0.25, 0.3) is 0 Å². The SMILES string of the molecule is O=C(Cc1ccc(NC(=O)CN2C(=O)c3ccccc3C2=O)cc1)NCc1cccs1. The van der Waals surface area contributed by atoms with Crippen molar-refractivity contribution in [1.82, 2.24) is 10.2 Å². The molecule has 31 heavy (non-hydrogen) atoms. The fraction of sp³-hybridized carbons (Fsp3) is 0.130. The van der Waals surface area contributed by atoms with E-state index in [0.29, 0.717) is 23.4 Å². The topological polar surface area (TPSA) is 95.6 Å². The standard InChI is InChI=1S/C23H19N3O4S/c27-20(24-13-17-4-3-11-31-17)12-15-7-9-16(10-8-15)25-21(28)14-26-22(29)18-5-1-2-6-19(18)23(26)30/h1-11H,12-14H2,(H,24,27)(H,25,28). The number of carbonyl (C=O) groups excluding carboxylic acids is 4. The molecule has 4 amide bonds. The molecule has 0 radical (unpaired) electrons. The quantitative estimate of drug-likeness (QED) is 0.560. The highest BCUT2D eigenvalue weighted by Gasteiger charge is 2.36. The van der Waals surface area contributed by atoms with Crippen molar-refractivity contribution >= 4 is 40.7 Å². The van der Waals surface area contributed by atoms with Gasteiger partial charge in [-0.05, 0) is 41.3 Å². The number of thiophene rings is 1. The molecule has 2 aromatic carbocycles. The van der Waals surface area contributed by atoms with E-state index in [4.69, 9.17) is 0 Å². The van der Waals surface area contributed by atoms with E-state index in [0.717, 1.165) is 15.3 Å². The molecule has 1 aliphatic heterocycles. The second-order valence-electron chi connectivity index (χ2n) is 7.02. The van der Waals surface area contributed by atoms with Crippen LogP contribution in [0.4, 0.5) is 5.69 Å². The minimum absolute atomic E-state index is 0.0872. The van der Waals surface area contributed by atoms with Gasteiger partial charge in [-0.2, -0.15) is 0 Å². The third-order valence-electron chi connectivity index (χ3n) is 4.82. The van der Waals surface area contributed by atoms with Crippen molar-refractivity contribution in [2.24, 2.45) is 0 Å². The molecule has 7 nitrogen and oxygen atoms in total. The summed E-state index contributed by atoms with van der Waals surface area (Å²) in [4.78, 5) is 51.2. The summed E-state index contributed by atoms with van der Waals surface area (Å²) >= 11 is 1.59. The first-order valence-corrected chi connectivity index (χ1v) is 10.5. The third-order valence-corrected chi connectivity index (χ3v) is 5.70. The van der Waals surface area contributed by atoms with Gasteiger partial charge in [-0.3, -0.25) is 24.1 Å². The van der Waals surface area contributed by atoms with E-state index in [1.807, 2.05) is 17.5 Å². The highest BCUT2D eigenvalue weighted by Crippen LogP contribution is 2.22. The fourth-order valence-corrected chi connectivity index (χ4v) is 3.92. The van der Waals surface area contributed by atoms with E-state index in [-0.39, 0.29) is 18.9 Å². The second-order valence-corrected chi connectivity index (χ2v) is 8.05. The molecule has 0 atom stereocenters. The van der Waals surface area contributed by atoms with E-state index in [1.54, 1.807) is 59.9 Å². The summed E-state index contributed by atoms with van der Waals surface area (Å²) in [6.45, 7) is 0.141. The molecule has 0 spiro atoms. The van der Waals surface area contributed by atoms with Crippen LogP contribution < -0.4 is 10.6 Å². The number of nitrogens with one attached hydrogen (secondary N) is 2. The Balaban J connectivity index is 1.29. The summed E-state index contributed by atoms with van der Waals surface area (Å²) in [6, 6.07) is 17.3. The molecule has 156 valence electrons. The molecule has 8 heteroatoms. The number of hydrogen-bond donors (Lipinski definition) is 2. The van der Waals surface area contributed by atoms with Crippen LogP contribution in [0.15, 0.2) is 66.0 Å². The number of nitrogens with zero attached hydrogens (tertiary/aromatic N) is 1. The monoisotopic (exact) mass is 433 g/mol. The maximum Gasteiger partial charge on any atom is 0.262 e. The van der Waals surface area contributed by atoms with E-state index >= 15 is 0 Å². The Hall–Kier alpha value is -3.78. The summed E-state index contributed by atoms with van der Waals surface area (Å²) in [6.07, 6.45) is 0.231. The number of fused-ring (bicyclic) bond motifs is 1. The summed E-state index contributed by atoms with van der Waals surface area (Å²) < 4.78 is 0. The molecule has 0 aliphatic carbocycles. The van der Waals surface area contributed by atoms with E-state index in [9.17, 15) is 19.2 Å². The first-order chi connectivity index (χ1) is 15.0. The van der Waals surface area contributed by atoms with Crippen molar-refractivity contribution < 1.29 is 19.2 Å². The molecule has 0 unspecified atom stereocenters. The van der Waals surface area contributed by atoms with Gasteiger partial charge >= 0.3 is 0 Å². The van der Waals surface area contributed by atoms with Gasteiger partial charge in [0.1, 0.15) is 6.54 Å². The third kappa shape index (κ3) is 4.70. The van der Waals surface area contributed by atoms with Gasteiger partial charge in [0.05, 0.1) is 24.1 Å². The van der Waals surface area contributed by atoms with Crippen molar-refractivity contribution in [3.05, 3.63) is 87.6 Å². The minimum atomic E-state index is -0.476. The molecule has 0 saturated carbocycles. The molecule has 4 rings (SSSR count). The van der Waals surface area contributed by atoms with Crippen LogP contribution in [0, 0.1) is 0 Å². The summed E-state index contributed by atoms with van der Waals surface area (Å²) in [5.41, 5.74) is 1.94. The van der Waals surface area contributed by atoms with Crippen molar-refractivity contribution in [2.75, 3.05) is 11.9 Å². The number of rotatable bonds is 7. The van der Waals surface area contributed by atoms with E-state index < -0.39 is 17.7 Å². The highest BCUT2D eigenvalue weighted by molar-refractivity contribution is 7.09. The Morgan fingerprint density at radius 2 is 1.52 bits per heavy atom. The van der Waals surface area contributed by atoms with Gasteiger partial charge in [-0.1, -0.05) is 30.3 Å². The van der Waals surface area contributed by atoms with Crippen LogP contribution in [0.3, 0.4) is 0 Å². The molecule has 2 N–H and O–H groups in total. The van der Waals surface area contributed by atoms with Crippen LogP contribution in [-0.2, 0) is 22.6 Å². The first kappa shape index (κ1) is 20.5. The molecule has 0 bridgehead atoms. The Kier molecular flexibility index (Phi) is 5.90. The maximum absolute atomic E-state index is 12.4. The lowest BCUT2D eigenvalue weighted by molar-refractivity contribution is -0.120. The predicted octanol–water partition coefficient (Wildman–Crippen LogP) is 2.84. The number of benzene rings is 2. The van der Waals surface area contributed by atoms with Crippen molar-refractivity contribution in [2.45, 2.75) is 13.0 Å². The molecule has 2 heterocycles. The number of carbonyl (C=O) groups is 4. The van der Waals surface area contributed by atoms with Crippen molar-refractivity contribution in [3.63, 3.8) is 0 Å².